The van der Waals surface area contributed by atoms with Crippen molar-refractivity contribution in [2.45, 2.75) is 6.04 Å². The molecule has 2 heterocycles. The molecule has 1 aliphatic rings. The fraction of sp³-hybridized carbons (Fsp3) is 0.148. The molecule has 0 saturated carbocycles. The highest BCUT2D eigenvalue weighted by Crippen LogP contribution is 2.48. The van der Waals surface area contributed by atoms with Crippen molar-refractivity contribution < 1.29 is 33.3 Å². The lowest BCUT2D eigenvalue weighted by Crippen LogP contribution is -2.29. The summed E-state index contributed by atoms with van der Waals surface area (Å²) in [6.45, 7) is 0. The third-order valence-electron chi connectivity index (χ3n) is 6.08. The van der Waals surface area contributed by atoms with Gasteiger partial charge in [-0.05, 0) is 48.5 Å². The largest absolute Gasteiger partial charge is 0.507 e. The Morgan fingerprint density at radius 2 is 1.76 bits per heavy atom. The zero-order chi connectivity index (χ0) is 26.3. The molecule has 3 aromatic carbocycles. The Kier molecular flexibility index (Phi) is 6.26. The molecule has 1 atom stereocenters. The SMILES string of the molecule is COc1ccc(/C(O)=C2\C(=O)C(=O)N(c3nc4ccc(F)cc4s3)[C@H]2c2cccc(OC)c2OC)cc1. The van der Waals surface area contributed by atoms with Crippen LogP contribution in [0.5, 0.6) is 17.2 Å². The van der Waals surface area contributed by atoms with E-state index in [0.29, 0.717) is 32.8 Å². The van der Waals surface area contributed by atoms with E-state index in [0.717, 1.165) is 11.3 Å². The van der Waals surface area contributed by atoms with Crippen molar-refractivity contribution in [1.82, 2.24) is 4.98 Å². The van der Waals surface area contributed by atoms with E-state index >= 15 is 0 Å². The van der Waals surface area contributed by atoms with Crippen LogP contribution in [0.25, 0.3) is 16.0 Å². The number of benzene rings is 3. The normalized spacial score (nSPS) is 16.9. The van der Waals surface area contributed by atoms with E-state index in [1.807, 2.05) is 0 Å². The summed E-state index contributed by atoms with van der Waals surface area (Å²) in [7, 11) is 4.43. The van der Waals surface area contributed by atoms with Gasteiger partial charge in [-0.25, -0.2) is 9.37 Å². The van der Waals surface area contributed by atoms with E-state index in [1.165, 1.54) is 44.4 Å². The predicted molar refractivity (Wildman–Crippen MR) is 137 cm³/mol. The summed E-state index contributed by atoms with van der Waals surface area (Å²) in [6, 6.07) is 14.5. The van der Waals surface area contributed by atoms with Crippen molar-refractivity contribution in [3.63, 3.8) is 0 Å². The first-order valence-electron chi connectivity index (χ1n) is 11.1. The van der Waals surface area contributed by atoms with E-state index in [4.69, 9.17) is 14.2 Å². The van der Waals surface area contributed by atoms with Gasteiger partial charge in [-0.3, -0.25) is 14.5 Å². The summed E-state index contributed by atoms with van der Waals surface area (Å²) < 4.78 is 30.6. The lowest BCUT2D eigenvalue weighted by atomic mass is 9.94. The number of ketones is 1. The van der Waals surface area contributed by atoms with Crippen LogP contribution in [0.15, 0.2) is 66.2 Å². The molecular weight excluding hydrogens is 499 g/mol. The molecule has 0 spiro atoms. The summed E-state index contributed by atoms with van der Waals surface area (Å²) in [5, 5.41) is 11.5. The number of carbonyl (C=O) groups excluding carboxylic acids is 2. The molecule has 1 N–H and O–H groups in total. The predicted octanol–water partition coefficient (Wildman–Crippen LogP) is 5.09. The molecule has 4 aromatic rings. The van der Waals surface area contributed by atoms with Gasteiger partial charge in [0.25, 0.3) is 5.78 Å². The number of methoxy groups -OCH3 is 3. The Labute approximate surface area is 215 Å². The summed E-state index contributed by atoms with van der Waals surface area (Å²) in [5.74, 6) is -1.38. The highest BCUT2D eigenvalue weighted by Gasteiger charge is 2.49. The van der Waals surface area contributed by atoms with Crippen molar-refractivity contribution in [1.29, 1.82) is 0 Å². The number of anilines is 1. The average molecular weight is 521 g/mol. The number of aromatic nitrogens is 1. The van der Waals surface area contributed by atoms with Crippen LogP contribution in [0.2, 0.25) is 0 Å². The van der Waals surface area contributed by atoms with E-state index in [-0.39, 0.29) is 22.2 Å². The monoisotopic (exact) mass is 520 g/mol. The van der Waals surface area contributed by atoms with Crippen LogP contribution in [0, 0.1) is 5.82 Å². The quantitative estimate of drug-likeness (QED) is 0.215. The topological polar surface area (TPSA) is 98.2 Å². The maximum atomic E-state index is 13.9. The van der Waals surface area contributed by atoms with Gasteiger partial charge in [0, 0.05) is 11.1 Å². The number of amides is 1. The number of aliphatic hydroxyl groups is 1. The van der Waals surface area contributed by atoms with Crippen molar-refractivity contribution in [2.75, 3.05) is 26.2 Å². The lowest BCUT2D eigenvalue weighted by Gasteiger charge is -2.25. The standard InChI is InChI=1S/C27H21FN2O6S/c1-34-16-10-7-14(8-11-16)23(31)21-22(17-5-4-6-19(35-2)25(17)36-3)30(26(33)24(21)32)27-29-18-12-9-15(28)13-20(18)37-27/h4-13,22,31H,1-3H3/b23-21+/t22-/m0/s1. The van der Waals surface area contributed by atoms with E-state index in [2.05, 4.69) is 4.98 Å². The number of ether oxygens (including phenoxy) is 3. The number of para-hydroxylation sites is 1. The minimum absolute atomic E-state index is 0.146. The summed E-state index contributed by atoms with van der Waals surface area (Å²) >= 11 is 1.06. The first-order chi connectivity index (χ1) is 17.9. The van der Waals surface area contributed by atoms with Gasteiger partial charge in [0.05, 0.1) is 37.1 Å². The number of rotatable bonds is 6. The number of fused-ring (bicyclic) bond motifs is 1. The van der Waals surface area contributed by atoms with Crippen LogP contribution in [0.4, 0.5) is 9.52 Å². The van der Waals surface area contributed by atoms with Gasteiger partial charge in [0.15, 0.2) is 16.6 Å². The second-order valence-electron chi connectivity index (χ2n) is 8.09. The molecule has 5 rings (SSSR count). The molecule has 1 fully saturated rings. The van der Waals surface area contributed by atoms with Gasteiger partial charge in [0.2, 0.25) is 0 Å². The third-order valence-corrected chi connectivity index (χ3v) is 7.10. The van der Waals surface area contributed by atoms with Gasteiger partial charge >= 0.3 is 5.91 Å². The average Bonchev–Trinajstić information content (AvgIpc) is 3.45. The van der Waals surface area contributed by atoms with Crippen molar-refractivity contribution in [3.05, 3.63) is 83.2 Å². The molecule has 188 valence electrons. The molecule has 1 aromatic heterocycles. The number of nitrogens with zero attached hydrogens (tertiary/aromatic N) is 2. The number of thiazole rings is 1. The molecular formula is C27H21FN2O6S. The van der Waals surface area contributed by atoms with Gasteiger partial charge < -0.3 is 19.3 Å². The molecule has 8 nitrogen and oxygen atoms in total. The molecule has 0 unspecified atom stereocenters. The van der Waals surface area contributed by atoms with E-state index in [1.54, 1.807) is 42.5 Å². The van der Waals surface area contributed by atoms with Crippen molar-refractivity contribution in [3.8, 4) is 17.2 Å². The molecule has 0 radical (unpaired) electrons. The number of carbonyl (C=O) groups is 2. The molecule has 0 bridgehead atoms. The highest BCUT2D eigenvalue weighted by molar-refractivity contribution is 7.22. The number of hydrogen-bond acceptors (Lipinski definition) is 8. The van der Waals surface area contributed by atoms with Gasteiger partial charge in [0.1, 0.15) is 23.4 Å². The molecule has 10 heteroatoms. The Morgan fingerprint density at radius 1 is 1.00 bits per heavy atom. The lowest BCUT2D eigenvalue weighted by molar-refractivity contribution is -0.132. The van der Waals surface area contributed by atoms with Gasteiger partial charge in [-0.2, -0.15) is 0 Å². The van der Waals surface area contributed by atoms with Gasteiger partial charge in [-0.1, -0.05) is 23.5 Å². The Morgan fingerprint density at radius 3 is 2.43 bits per heavy atom. The molecule has 1 amide bonds. The van der Waals surface area contributed by atoms with Crippen LogP contribution in [-0.4, -0.2) is 43.1 Å². The third kappa shape index (κ3) is 4.05. The van der Waals surface area contributed by atoms with Crippen LogP contribution in [0.1, 0.15) is 17.2 Å². The molecule has 37 heavy (non-hydrogen) atoms. The Bertz CT molecular complexity index is 1560. The summed E-state index contributed by atoms with van der Waals surface area (Å²) in [5.41, 5.74) is 1.04. The number of aliphatic hydroxyl groups excluding tert-OH is 1. The number of hydrogen-bond donors (Lipinski definition) is 1. The molecule has 1 aliphatic heterocycles. The van der Waals surface area contributed by atoms with Crippen LogP contribution >= 0.6 is 11.3 Å². The van der Waals surface area contributed by atoms with Gasteiger partial charge in [-0.15, -0.1) is 0 Å². The smallest absolute Gasteiger partial charge is 0.301 e. The van der Waals surface area contributed by atoms with Crippen LogP contribution < -0.4 is 19.1 Å². The fourth-order valence-electron chi connectivity index (χ4n) is 4.35. The fourth-order valence-corrected chi connectivity index (χ4v) is 5.36. The second kappa shape index (κ2) is 9.55. The number of halogens is 1. The second-order valence-corrected chi connectivity index (χ2v) is 9.10. The Balaban J connectivity index is 1.77. The summed E-state index contributed by atoms with van der Waals surface area (Å²) in [4.78, 5) is 32.6. The van der Waals surface area contributed by atoms with Crippen LogP contribution in [0.3, 0.4) is 0 Å². The number of Topliss-reactive ketones (excluding diaryl/α,β-unsaturated/α-hetero) is 1. The zero-order valence-corrected chi connectivity index (χ0v) is 20.8. The highest BCUT2D eigenvalue weighted by atomic mass is 32.1. The van der Waals surface area contributed by atoms with Crippen molar-refractivity contribution in [2.24, 2.45) is 0 Å². The minimum atomic E-state index is -1.10. The van der Waals surface area contributed by atoms with E-state index < -0.39 is 23.5 Å². The van der Waals surface area contributed by atoms with Crippen LogP contribution in [-0.2, 0) is 9.59 Å². The maximum absolute atomic E-state index is 13.9. The maximum Gasteiger partial charge on any atom is 0.301 e. The minimum Gasteiger partial charge on any atom is -0.507 e. The first kappa shape index (κ1) is 24.3. The van der Waals surface area contributed by atoms with Crippen molar-refractivity contribution >= 4 is 44.1 Å². The Hall–Kier alpha value is -4.44. The van der Waals surface area contributed by atoms with E-state index in [9.17, 15) is 19.1 Å². The molecule has 1 saturated heterocycles. The zero-order valence-electron chi connectivity index (χ0n) is 20.0. The molecule has 0 aliphatic carbocycles. The summed E-state index contributed by atoms with van der Waals surface area (Å²) in [6.07, 6.45) is 0. The first-order valence-corrected chi connectivity index (χ1v) is 11.9.